The van der Waals surface area contributed by atoms with E-state index in [-0.39, 0.29) is 5.91 Å². The van der Waals surface area contributed by atoms with E-state index in [0.717, 1.165) is 23.0 Å². The van der Waals surface area contributed by atoms with Crippen molar-refractivity contribution in [3.63, 3.8) is 0 Å². The molecule has 0 atom stereocenters. The first-order valence-electron chi connectivity index (χ1n) is 11.1. The SMILES string of the molecule is Cc1ccc(-c2ccc(/C=C/C(=O)NC(=S)NC3C4CC5CC(C4)CC3C5)o2)cc1Cl. The van der Waals surface area contributed by atoms with E-state index in [0.29, 0.717) is 39.5 Å². The molecule has 1 heterocycles. The molecule has 0 unspecified atom stereocenters. The number of amides is 1. The standard InChI is InChI=1S/C25H27ClN2O2S/c1-14-2-3-17(13-21(14)26)22-6-4-20(30-22)5-7-23(29)27-25(31)28-24-18-9-15-8-16(11-18)12-19(24)10-15/h2-7,13,15-16,18-19,24H,8-12H2,1H3,(H2,27,28,29,31)/b7-5+. The highest BCUT2D eigenvalue weighted by Crippen LogP contribution is 2.53. The summed E-state index contributed by atoms with van der Waals surface area (Å²) in [6.07, 6.45) is 9.79. The van der Waals surface area contributed by atoms with Crippen molar-refractivity contribution in [3.8, 4) is 11.3 Å². The summed E-state index contributed by atoms with van der Waals surface area (Å²) in [5.41, 5.74) is 1.92. The molecule has 4 aliphatic carbocycles. The molecular formula is C25H27ClN2O2S. The number of benzene rings is 1. The summed E-state index contributed by atoms with van der Waals surface area (Å²) in [7, 11) is 0. The molecule has 1 aromatic heterocycles. The molecule has 0 aliphatic heterocycles. The van der Waals surface area contributed by atoms with Gasteiger partial charge in [0.1, 0.15) is 11.5 Å². The molecule has 2 aromatic rings. The quantitative estimate of drug-likeness (QED) is 0.457. The summed E-state index contributed by atoms with van der Waals surface area (Å²) in [6.45, 7) is 1.96. The van der Waals surface area contributed by atoms with Crippen LogP contribution < -0.4 is 10.6 Å². The highest BCUT2D eigenvalue weighted by atomic mass is 35.5. The molecule has 2 N–H and O–H groups in total. The van der Waals surface area contributed by atoms with Gasteiger partial charge in [0.2, 0.25) is 5.91 Å². The summed E-state index contributed by atoms with van der Waals surface area (Å²) in [5, 5.41) is 7.38. The summed E-state index contributed by atoms with van der Waals surface area (Å²) >= 11 is 11.6. The number of halogens is 1. The Bertz CT molecular complexity index is 1020. The van der Waals surface area contributed by atoms with E-state index in [1.807, 2.05) is 37.3 Å². The lowest BCUT2D eigenvalue weighted by molar-refractivity contribution is -0.115. The largest absolute Gasteiger partial charge is 0.457 e. The lowest BCUT2D eigenvalue weighted by Crippen LogP contribution is -2.57. The molecule has 162 valence electrons. The third-order valence-corrected chi connectivity index (χ3v) is 7.87. The second kappa shape index (κ2) is 8.44. The van der Waals surface area contributed by atoms with E-state index in [1.54, 1.807) is 6.08 Å². The summed E-state index contributed by atoms with van der Waals surface area (Å²) in [5.74, 6) is 4.30. The second-order valence-corrected chi connectivity index (χ2v) is 10.2. The lowest BCUT2D eigenvalue weighted by Gasteiger charge is -2.54. The number of aryl methyl sites for hydroxylation is 1. The monoisotopic (exact) mass is 454 g/mol. The van der Waals surface area contributed by atoms with Crippen molar-refractivity contribution in [2.24, 2.45) is 23.7 Å². The van der Waals surface area contributed by atoms with E-state index in [9.17, 15) is 4.79 Å². The van der Waals surface area contributed by atoms with Gasteiger partial charge in [0.15, 0.2) is 5.11 Å². The van der Waals surface area contributed by atoms with Crippen LogP contribution in [0.1, 0.15) is 43.4 Å². The van der Waals surface area contributed by atoms with Gasteiger partial charge in [0.25, 0.3) is 0 Å². The summed E-state index contributed by atoms with van der Waals surface area (Å²) in [6, 6.07) is 9.92. The Morgan fingerprint density at radius 1 is 1.10 bits per heavy atom. The van der Waals surface area contributed by atoms with Crippen molar-refractivity contribution < 1.29 is 9.21 Å². The van der Waals surface area contributed by atoms with E-state index in [2.05, 4.69) is 10.6 Å². The van der Waals surface area contributed by atoms with Gasteiger partial charge in [0.05, 0.1) is 0 Å². The van der Waals surface area contributed by atoms with Gasteiger partial charge in [-0.25, -0.2) is 0 Å². The van der Waals surface area contributed by atoms with Gasteiger partial charge in [-0.2, -0.15) is 0 Å². The highest BCUT2D eigenvalue weighted by molar-refractivity contribution is 7.80. The maximum Gasteiger partial charge on any atom is 0.250 e. The lowest BCUT2D eigenvalue weighted by atomic mass is 9.54. The molecule has 6 heteroatoms. The van der Waals surface area contributed by atoms with Crippen LogP contribution in [0.25, 0.3) is 17.4 Å². The molecule has 4 fully saturated rings. The Morgan fingerprint density at radius 3 is 2.48 bits per heavy atom. The Balaban J connectivity index is 1.16. The van der Waals surface area contributed by atoms with Gasteiger partial charge < -0.3 is 9.73 Å². The maximum absolute atomic E-state index is 12.3. The Morgan fingerprint density at radius 2 is 1.81 bits per heavy atom. The van der Waals surface area contributed by atoms with Gasteiger partial charge in [-0.15, -0.1) is 0 Å². The van der Waals surface area contributed by atoms with Crippen molar-refractivity contribution in [1.29, 1.82) is 0 Å². The van der Waals surface area contributed by atoms with Crippen molar-refractivity contribution in [3.05, 3.63) is 52.8 Å². The number of carbonyl (C=O) groups excluding carboxylic acids is 1. The van der Waals surface area contributed by atoms with Crippen LogP contribution in [0.3, 0.4) is 0 Å². The van der Waals surface area contributed by atoms with Crippen LogP contribution in [0.4, 0.5) is 0 Å². The highest BCUT2D eigenvalue weighted by Gasteiger charge is 2.48. The molecule has 1 aromatic carbocycles. The maximum atomic E-state index is 12.3. The number of nitrogens with one attached hydrogen (secondary N) is 2. The summed E-state index contributed by atoms with van der Waals surface area (Å²) < 4.78 is 5.83. The van der Waals surface area contributed by atoms with Crippen LogP contribution in [-0.4, -0.2) is 17.1 Å². The van der Waals surface area contributed by atoms with Crippen LogP contribution in [-0.2, 0) is 4.79 Å². The van der Waals surface area contributed by atoms with Crippen LogP contribution in [0.5, 0.6) is 0 Å². The minimum atomic E-state index is -0.252. The smallest absolute Gasteiger partial charge is 0.250 e. The van der Waals surface area contributed by atoms with Gasteiger partial charge in [-0.3, -0.25) is 10.1 Å². The third-order valence-electron chi connectivity index (χ3n) is 7.24. The fourth-order valence-corrected chi connectivity index (χ4v) is 6.42. The van der Waals surface area contributed by atoms with E-state index < -0.39 is 0 Å². The molecule has 4 aliphatic rings. The van der Waals surface area contributed by atoms with Crippen molar-refractivity contribution in [2.45, 2.75) is 45.1 Å². The number of hydrogen-bond donors (Lipinski definition) is 2. The number of carbonyl (C=O) groups is 1. The molecular weight excluding hydrogens is 428 g/mol. The van der Waals surface area contributed by atoms with Crippen LogP contribution in [0.15, 0.2) is 40.8 Å². The summed E-state index contributed by atoms with van der Waals surface area (Å²) in [4.78, 5) is 12.3. The topological polar surface area (TPSA) is 54.3 Å². The molecule has 1 amide bonds. The molecule has 4 bridgehead atoms. The first kappa shape index (κ1) is 20.8. The van der Waals surface area contributed by atoms with Gasteiger partial charge in [-0.1, -0.05) is 23.7 Å². The van der Waals surface area contributed by atoms with Gasteiger partial charge in [0, 0.05) is 22.7 Å². The molecule has 0 saturated heterocycles. The minimum Gasteiger partial charge on any atom is -0.457 e. The van der Waals surface area contributed by atoms with Crippen molar-refractivity contribution >= 4 is 40.9 Å². The van der Waals surface area contributed by atoms with Crippen LogP contribution in [0, 0.1) is 30.6 Å². The zero-order valence-corrected chi connectivity index (χ0v) is 19.1. The van der Waals surface area contributed by atoms with E-state index in [4.69, 9.17) is 28.2 Å². The second-order valence-electron chi connectivity index (χ2n) is 9.42. The predicted molar refractivity (Wildman–Crippen MR) is 128 cm³/mol. The van der Waals surface area contributed by atoms with Gasteiger partial charge in [-0.05, 0) is 105 Å². The molecule has 6 rings (SSSR count). The van der Waals surface area contributed by atoms with Crippen LogP contribution >= 0.6 is 23.8 Å². The zero-order chi connectivity index (χ0) is 21.5. The first-order chi connectivity index (χ1) is 14.9. The minimum absolute atomic E-state index is 0.252. The van der Waals surface area contributed by atoms with Gasteiger partial charge >= 0.3 is 0 Å². The fourth-order valence-electron chi connectivity index (χ4n) is 6.00. The number of rotatable bonds is 4. The third kappa shape index (κ3) is 4.44. The van der Waals surface area contributed by atoms with Crippen molar-refractivity contribution in [1.82, 2.24) is 10.6 Å². The number of hydrogen-bond acceptors (Lipinski definition) is 3. The number of furan rings is 1. The zero-order valence-electron chi connectivity index (χ0n) is 17.6. The van der Waals surface area contributed by atoms with E-state index >= 15 is 0 Å². The van der Waals surface area contributed by atoms with Crippen molar-refractivity contribution in [2.75, 3.05) is 0 Å². The Labute approximate surface area is 193 Å². The van der Waals surface area contributed by atoms with Crippen LogP contribution in [0.2, 0.25) is 5.02 Å². The Hall–Kier alpha value is -2.11. The Kier molecular flexibility index (Phi) is 5.65. The molecule has 4 nitrogen and oxygen atoms in total. The first-order valence-corrected chi connectivity index (χ1v) is 11.9. The molecule has 4 saturated carbocycles. The molecule has 0 spiro atoms. The normalized spacial score (nSPS) is 28.8. The van der Waals surface area contributed by atoms with E-state index in [1.165, 1.54) is 38.2 Å². The molecule has 31 heavy (non-hydrogen) atoms. The average molecular weight is 455 g/mol. The average Bonchev–Trinajstić information content (AvgIpc) is 3.20. The molecule has 0 radical (unpaired) electrons. The predicted octanol–water partition coefficient (Wildman–Crippen LogP) is 5.74. The fraction of sp³-hybridized carbons (Fsp3) is 0.440. The number of thiocarbonyl (C=S) groups is 1.